The molecule has 2 rings (SSSR count). The summed E-state index contributed by atoms with van der Waals surface area (Å²) in [7, 11) is 0. The topological polar surface area (TPSA) is 112 Å². The van der Waals surface area contributed by atoms with Crippen LogP contribution in [0.3, 0.4) is 0 Å². The van der Waals surface area contributed by atoms with E-state index in [0.29, 0.717) is 0 Å². The van der Waals surface area contributed by atoms with Crippen LogP contribution in [0, 0.1) is 0 Å². The lowest BCUT2D eigenvalue weighted by Crippen LogP contribution is -2.04. The van der Waals surface area contributed by atoms with E-state index in [0.717, 1.165) is 0 Å². The first-order valence-corrected chi connectivity index (χ1v) is 4.64. The summed E-state index contributed by atoms with van der Waals surface area (Å²) in [6, 6.07) is 2.79. The third-order valence-corrected chi connectivity index (χ3v) is 2.23. The molecule has 0 aliphatic carbocycles. The second-order valence-corrected chi connectivity index (χ2v) is 3.36. The van der Waals surface area contributed by atoms with Gasteiger partial charge in [-0.1, -0.05) is 0 Å². The van der Waals surface area contributed by atoms with Gasteiger partial charge in [0.25, 0.3) is 0 Å². The van der Waals surface area contributed by atoms with Crippen molar-refractivity contribution in [3.63, 3.8) is 0 Å². The fourth-order valence-corrected chi connectivity index (χ4v) is 1.59. The van der Waals surface area contributed by atoms with E-state index < -0.39 is 18.4 Å². The maximum Gasteiger partial charge on any atom is 0.356 e. The molecule has 7 heteroatoms. The van der Waals surface area contributed by atoms with Crippen LogP contribution in [0.15, 0.2) is 18.3 Å². The lowest BCUT2D eigenvalue weighted by molar-refractivity contribution is -0.136. The van der Waals surface area contributed by atoms with Crippen molar-refractivity contribution in [1.82, 2.24) is 9.38 Å². The highest BCUT2D eigenvalue weighted by molar-refractivity contribution is 5.95. The summed E-state index contributed by atoms with van der Waals surface area (Å²) in [5.74, 6) is -2.65. The van der Waals surface area contributed by atoms with Gasteiger partial charge in [0.1, 0.15) is 23.5 Å². The minimum Gasteiger partial charge on any atom is -0.506 e. The van der Waals surface area contributed by atoms with Crippen LogP contribution in [0.4, 0.5) is 0 Å². The number of imidazole rings is 1. The summed E-state index contributed by atoms with van der Waals surface area (Å²) < 4.78 is 1.26. The predicted molar refractivity (Wildman–Crippen MR) is 55.2 cm³/mol. The van der Waals surface area contributed by atoms with E-state index in [1.54, 1.807) is 0 Å². The molecular formula is C10H8N2O5. The van der Waals surface area contributed by atoms with E-state index in [1.807, 2.05) is 0 Å². The normalized spacial score (nSPS) is 10.6. The first-order valence-electron chi connectivity index (χ1n) is 4.64. The number of nitrogens with zero attached hydrogens (tertiary/aromatic N) is 2. The quantitative estimate of drug-likeness (QED) is 0.709. The van der Waals surface area contributed by atoms with Crippen molar-refractivity contribution < 1.29 is 24.9 Å². The highest BCUT2D eigenvalue weighted by Gasteiger charge is 2.20. The lowest BCUT2D eigenvalue weighted by atomic mass is 10.3. The molecule has 7 nitrogen and oxygen atoms in total. The van der Waals surface area contributed by atoms with Crippen molar-refractivity contribution in [2.75, 3.05) is 0 Å². The van der Waals surface area contributed by atoms with Crippen LogP contribution < -0.4 is 0 Å². The van der Waals surface area contributed by atoms with Crippen LogP contribution in [0.1, 0.15) is 16.3 Å². The number of carbonyl (C=O) groups is 2. The SMILES string of the molecule is O=C(O)Cc1nc(C(=O)O)c2c(O)cccn12. The Kier molecular flexibility index (Phi) is 2.43. The van der Waals surface area contributed by atoms with Gasteiger partial charge in [0.15, 0.2) is 5.69 Å². The van der Waals surface area contributed by atoms with E-state index in [1.165, 1.54) is 22.7 Å². The summed E-state index contributed by atoms with van der Waals surface area (Å²) in [5.41, 5.74) is -0.365. The number of carboxylic acids is 2. The Hall–Kier alpha value is -2.57. The molecule has 0 aliphatic heterocycles. The fourth-order valence-electron chi connectivity index (χ4n) is 1.59. The molecule has 88 valence electrons. The Balaban J connectivity index is 2.75. The van der Waals surface area contributed by atoms with Gasteiger partial charge in [-0.2, -0.15) is 0 Å². The van der Waals surface area contributed by atoms with Crippen molar-refractivity contribution >= 4 is 17.5 Å². The number of aromatic carboxylic acids is 1. The van der Waals surface area contributed by atoms with E-state index >= 15 is 0 Å². The number of fused-ring (bicyclic) bond motifs is 1. The maximum absolute atomic E-state index is 10.9. The Bertz CT molecular complexity index is 616. The van der Waals surface area contributed by atoms with Crippen molar-refractivity contribution in [2.45, 2.75) is 6.42 Å². The van der Waals surface area contributed by atoms with Gasteiger partial charge in [-0.25, -0.2) is 9.78 Å². The van der Waals surface area contributed by atoms with Crippen molar-refractivity contribution in [3.05, 3.63) is 29.8 Å². The molecular weight excluding hydrogens is 228 g/mol. The molecule has 0 saturated heterocycles. The molecule has 0 saturated carbocycles. The maximum atomic E-state index is 10.9. The molecule has 3 N–H and O–H groups in total. The first-order chi connectivity index (χ1) is 8.00. The number of aromatic nitrogens is 2. The highest BCUT2D eigenvalue weighted by atomic mass is 16.4. The molecule has 0 aliphatic rings. The summed E-state index contributed by atoms with van der Waals surface area (Å²) in [4.78, 5) is 25.3. The summed E-state index contributed by atoms with van der Waals surface area (Å²) in [5, 5.41) is 27.2. The largest absolute Gasteiger partial charge is 0.506 e. The minimum absolute atomic E-state index is 0.00347. The van der Waals surface area contributed by atoms with Gasteiger partial charge in [0.05, 0.1) is 0 Å². The third-order valence-electron chi connectivity index (χ3n) is 2.23. The van der Waals surface area contributed by atoms with Crippen LogP contribution >= 0.6 is 0 Å². The summed E-state index contributed by atoms with van der Waals surface area (Å²) in [6.07, 6.45) is 1.03. The Morgan fingerprint density at radius 1 is 1.35 bits per heavy atom. The summed E-state index contributed by atoms with van der Waals surface area (Å²) in [6.45, 7) is 0. The Morgan fingerprint density at radius 2 is 2.06 bits per heavy atom. The van der Waals surface area contributed by atoms with Crippen LogP contribution in [0.25, 0.3) is 5.52 Å². The molecule has 2 aromatic heterocycles. The number of aromatic hydroxyl groups is 1. The third kappa shape index (κ3) is 1.78. The van der Waals surface area contributed by atoms with Gasteiger partial charge in [0.2, 0.25) is 0 Å². The number of aliphatic carboxylic acids is 1. The highest BCUT2D eigenvalue weighted by Crippen LogP contribution is 2.23. The second-order valence-electron chi connectivity index (χ2n) is 3.36. The van der Waals surface area contributed by atoms with E-state index in [2.05, 4.69) is 4.98 Å². The molecule has 2 aromatic rings. The van der Waals surface area contributed by atoms with Gasteiger partial charge in [-0.05, 0) is 12.1 Å². The molecule has 0 spiro atoms. The number of carboxylic acid groups (broad SMARTS) is 2. The van der Waals surface area contributed by atoms with Gasteiger partial charge in [0, 0.05) is 6.20 Å². The van der Waals surface area contributed by atoms with Gasteiger partial charge < -0.3 is 15.3 Å². The van der Waals surface area contributed by atoms with Crippen molar-refractivity contribution in [2.24, 2.45) is 0 Å². The molecule has 2 heterocycles. The molecule has 0 fully saturated rings. The molecule has 17 heavy (non-hydrogen) atoms. The predicted octanol–water partition coefficient (Wildman–Crippen LogP) is 0.365. The summed E-state index contributed by atoms with van der Waals surface area (Å²) >= 11 is 0. The van der Waals surface area contributed by atoms with Crippen LogP contribution in [-0.2, 0) is 11.2 Å². The molecule has 0 atom stereocenters. The number of hydrogen-bond acceptors (Lipinski definition) is 4. The van der Waals surface area contributed by atoms with Gasteiger partial charge in [-0.3, -0.25) is 9.20 Å². The number of hydrogen-bond donors (Lipinski definition) is 3. The van der Waals surface area contributed by atoms with Crippen LogP contribution in [0.2, 0.25) is 0 Å². The number of rotatable bonds is 3. The molecule has 0 amide bonds. The Labute approximate surface area is 94.6 Å². The molecule has 0 unspecified atom stereocenters. The molecule has 0 radical (unpaired) electrons. The fraction of sp³-hybridized carbons (Fsp3) is 0.100. The van der Waals surface area contributed by atoms with Crippen molar-refractivity contribution in [3.8, 4) is 5.75 Å². The van der Waals surface area contributed by atoms with Crippen LogP contribution in [0.5, 0.6) is 5.75 Å². The van der Waals surface area contributed by atoms with Gasteiger partial charge >= 0.3 is 11.9 Å². The molecule has 0 aromatic carbocycles. The van der Waals surface area contributed by atoms with E-state index in [9.17, 15) is 14.7 Å². The second kappa shape index (κ2) is 3.78. The van der Waals surface area contributed by atoms with E-state index in [4.69, 9.17) is 10.2 Å². The average Bonchev–Trinajstić information content (AvgIpc) is 2.58. The lowest BCUT2D eigenvalue weighted by Gasteiger charge is -1.99. The molecule has 0 bridgehead atoms. The number of pyridine rings is 1. The van der Waals surface area contributed by atoms with Crippen LogP contribution in [-0.4, -0.2) is 36.6 Å². The van der Waals surface area contributed by atoms with Crippen molar-refractivity contribution in [1.29, 1.82) is 0 Å². The monoisotopic (exact) mass is 236 g/mol. The average molecular weight is 236 g/mol. The zero-order valence-corrected chi connectivity index (χ0v) is 8.49. The Morgan fingerprint density at radius 3 is 2.65 bits per heavy atom. The standard InChI is InChI=1S/C10H8N2O5/c13-5-2-1-3-12-6(4-7(14)15)11-8(9(5)12)10(16)17/h1-3,13H,4H2,(H,14,15)(H,16,17). The van der Waals surface area contributed by atoms with Gasteiger partial charge in [-0.15, -0.1) is 0 Å². The minimum atomic E-state index is -1.32. The first kappa shape index (κ1) is 10.9. The van der Waals surface area contributed by atoms with E-state index in [-0.39, 0.29) is 22.8 Å². The zero-order valence-electron chi connectivity index (χ0n) is 8.49. The smallest absolute Gasteiger partial charge is 0.356 e. The zero-order chi connectivity index (χ0) is 12.6.